The van der Waals surface area contributed by atoms with E-state index in [0.717, 1.165) is 0 Å². The van der Waals surface area contributed by atoms with Gasteiger partial charge < -0.3 is 9.47 Å². The zero-order valence-electron chi connectivity index (χ0n) is 13.0. The first-order valence-electron chi connectivity index (χ1n) is 6.88. The predicted octanol–water partition coefficient (Wildman–Crippen LogP) is 2.45. The molecule has 2 rings (SSSR count). The van der Waals surface area contributed by atoms with E-state index in [1.807, 2.05) is 6.92 Å². The quantitative estimate of drug-likeness (QED) is 0.625. The lowest BCUT2D eigenvalue weighted by Gasteiger charge is -2.09. The molecule has 8 heteroatoms. The minimum Gasteiger partial charge on any atom is -0.493 e. The van der Waals surface area contributed by atoms with Gasteiger partial charge in [0.2, 0.25) is 5.95 Å². The van der Waals surface area contributed by atoms with Gasteiger partial charge in [0.05, 0.1) is 25.5 Å². The Bertz CT molecular complexity index is 774. The third kappa shape index (κ3) is 4.23. The van der Waals surface area contributed by atoms with Crippen LogP contribution in [0.5, 0.6) is 11.5 Å². The monoisotopic (exact) mass is 336 g/mol. The molecule has 0 unspecified atom stereocenters. The van der Waals surface area contributed by atoms with Gasteiger partial charge in [-0.25, -0.2) is 10.4 Å². The summed E-state index contributed by atoms with van der Waals surface area (Å²) in [6, 6.07) is 4.87. The molecule has 7 nitrogen and oxygen atoms in total. The average Bonchev–Trinajstić information content (AvgIpc) is 2.53. The van der Waals surface area contributed by atoms with Crippen molar-refractivity contribution in [3.8, 4) is 11.5 Å². The predicted molar refractivity (Wildman–Crippen MR) is 90.0 cm³/mol. The standard InChI is InChI=1S/C15H17ClN4O3/c1-4-10-7-13(21)19-15(18-10)20-17-8-9-5-11(16)14(23-3)12(6-9)22-2/h5-8H,4H2,1-3H3,(H2,18,19,20,21)/b17-8-. The summed E-state index contributed by atoms with van der Waals surface area (Å²) in [7, 11) is 3.04. The Kier molecular flexibility index (Phi) is 5.59. The molecule has 122 valence electrons. The van der Waals surface area contributed by atoms with Gasteiger partial charge in [-0.2, -0.15) is 5.10 Å². The van der Waals surface area contributed by atoms with E-state index < -0.39 is 0 Å². The molecule has 0 atom stereocenters. The van der Waals surface area contributed by atoms with E-state index in [0.29, 0.717) is 34.2 Å². The molecule has 23 heavy (non-hydrogen) atoms. The second kappa shape index (κ2) is 7.64. The molecule has 0 saturated carbocycles. The normalized spacial score (nSPS) is 10.8. The molecule has 2 aromatic rings. The smallest absolute Gasteiger partial charge is 0.252 e. The maximum Gasteiger partial charge on any atom is 0.252 e. The summed E-state index contributed by atoms with van der Waals surface area (Å²) in [6.45, 7) is 1.92. The van der Waals surface area contributed by atoms with Crippen LogP contribution in [0.3, 0.4) is 0 Å². The molecule has 1 aromatic carbocycles. The number of rotatable bonds is 6. The highest BCUT2D eigenvalue weighted by Crippen LogP contribution is 2.35. The first kappa shape index (κ1) is 16.8. The number of halogens is 1. The lowest BCUT2D eigenvalue weighted by molar-refractivity contribution is 0.355. The summed E-state index contributed by atoms with van der Waals surface area (Å²) in [6.07, 6.45) is 2.19. The van der Waals surface area contributed by atoms with Crippen molar-refractivity contribution in [1.82, 2.24) is 9.97 Å². The van der Waals surface area contributed by atoms with Crippen LogP contribution >= 0.6 is 11.6 Å². The number of benzene rings is 1. The number of H-pyrrole nitrogens is 1. The van der Waals surface area contributed by atoms with Gasteiger partial charge in [0.1, 0.15) is 0 Å². The topological polar surface area (TPSA) is 88.6 Å². The van der Waals surface area contributed by atoms with E-state index in [9.17, 15) is 4.79 Å². The fourth-order valence-electron chi connectivity index (χ4n) is 1.92. The Morgan fingerprint density at radius 2 is 2.13 bits per heavy atom. The van der Waals surface area contributed by atoms with Crippen LogP contribution in [0.1, 0.15) is 18.2 Å². The molecule has 0 radical (unpaired) electrons. The SMILES string of the molecule is CCc1cc(=O)[nH]c(N/N=C\c2cc(Cl)c(OC)c(OC)c2)n1. The van der Waals surface area contributed by atoms with E-state index >= 15 is 0 Å². The van der Waals surface area contributed by atoms with Gasteiger partial charge in [-0.15, -0.1) is 0 Å². The highest BCUT2D eigenvalue weighted by molar-refractivity contribution is 6.32. The van der Waals surface area contributed by atoms with Gasteiger partial charge in [0.25, 0.3) is 5.56 Å². The molecule has 0 amide bonds. The molecule has 1 heterocycles. The van der Waals surface area contributed by atoms with E-state index in [2.05, 4.69) is 20.5 Å². The molecular formula is C15H17ClN4O3. The molecule has 0 bridgehead atoms. The molecule has 0 aliphatic carbocycles. The number of nitrogens with one attached hydrogen (secondary N) is 2. The zero-order chi connectivity index (χ0) is 16.8. The molecule has 0 saturated heterocycles. The van der Waals surface area contributed by atoms with Gasteiger partial charge in [-0.3, -0.25) is 9.78 Å². The Morgan fingerprint density at radius 1 is 1.35 bits per heavy atom. The van der Waals surface area contributed by atoms with Crippen LogP contribution in [0.25, 0.3) is 0 Å². The van der Waals surface area contributed by atoms with Crippen LogP contribution in [0, 0.1) is 0 Å². The number of aromatic amines is 1. The lowest BCUT2D eigenvalue weighted by Crippen LogP contribution is -2.11. The number of hydrogen-bond donors (Lipinski definition) is 2. The fourth-order valence-corrected chi connectivity index (χ4v) is 2.22. The number of nitrogens with zero attached hydrogens (tertiary/aromatic N) is 2. The first-order chi connectivity index (χ1) is 11.1. The number of hydrogen-bond acceptors (Lipinski definition) is 6. The van der Waals surface area contributed by atoms with Crippen LogP contribution in [0.4, 0.5) is 5.95 Å². The van der Waals surface area contributed by atoms with Crippen molar-refractivity contribution in [2.75, 3.05) is 19.6 Å². The Hall–Kier alpha value is -2.54. The minimum atomic E-state index is -0.233. The summed E-state index contributed by atoms with van der Waals surface area (Å²) >= 11 is 6.12. The van der Waals surface area contributed by atoms with Gasteiger partial charge in [-0.1, -0.05) is 18.5 Å². The van der Waals surface area contributed by atoms with Gasteiger partial charge >= 0.3 is 0 Å². The number of hydrazone groups is 1. The van der Waals surface area contributed by atoms with Crippen LogP contribution in [-0.2, 0) is 6.42 Å². The first-order valence-corrected chi connectivity index (χ1v) is 7.26. The lowest BCUT2D eigenvalue weighted by atomic mass is 10.2. The number of aromatic nitrogens is 2. The maximum atomic E-state index is 11.5. The van der Waals surface area contributed by atoms with Crippen LogP contribution in [-0.4, -0.2) is 30.4 Å². The number of anilines is 1. The van der Waals surface area contributed by atoms with Crippen molar-refractivity contribution in [2.24, 2.45) is 5.10 Å². The van der Waals surface area contributed by atoms with Crippen molar-refractivity contribution in [2.45, 2.75) is 13.3 Å². The third-order valence-corrected chi connectivity index (χ3v) is 3.28. The molecule has 0 aliphatic heterocycles. The molecule has 1 aromatic heterocycles. The Morgan fingerprint density at radius 3 is 2.78 bits per heavy atom. The Balaban J connectivity index is 2.19. The summed E-state index contributed by atoms with van der Waals surface area (Å²) in [5, 5.41) is 4.45. The van der Waals surface area contributed by atoms with Crippen molar-refractivity contribution < 1.29 is 9.47 Å². The summed E-state index contributed by atoms with van der Waals surface area (Å²) in [4.78, 5) is 18.2. The van der Waals surface area contributed by atoms with E-state index in [4.69, 9.17) is 21.1 Å². The zero-order valence-corrected chi connectivity index (χ0v) is 13.8. The second-order valence-corrected chi connectivity index (χ2v) is 4.95. The summed E-state index contributed by atoms with van der Waals surface area (Å²) in [5.74, 6) is 1.24. The van der Waals surface area contributed by atoms with Crippen LogP contribution in [0.15, 0.2) is 28.1 Å². The van der Waals surface area contributed by atoms with Crippen molar-refractivity contribution >= 4 is 23.8 Å². The van der Waals surface area contributed by atoms with E-state index in [1.165, 1.54) is 26.5 Å². The third-order valence-electron chi connectivity index (χ3n) is 3.00. The van der Waals surface area contributed by atoms with E-state index in [1.54, 1.807) is 12.1 Å². The van der Waals surface area contributed by atoms with Crippen molar-refractivity contribution in [1.29, 1.82) is 0 Å². The van der Waals surface area contributed by atoms with Crippen molar-refractivity contribution in [3.05, 3.63) is 44.8 Å². The van der Waals surface area contributed by atoms with Crippen LogP contribution < -0.4 is 20.5 Å². The summed E-state index contributed by atoms with van der Waals surface area (Å²) in [5.41, 5.74) is 3.83. The highest BCUT2D eigenvalue weighted by Gasteiger charge is 2.09. The minimum absolute atomic E-state index is 0.233. The van der Waals surface area contributed by atoms with E-state index in [-0.39, 0.29) is 11.5 Å². The molecular weight excluding hydrogens is 320 g/mol. The highest BCUT2D eigenvalue weighted by atomic mass is 35.5. The number of ether oxygens (including phenoxy) is 2. The molecule has 0 spiro atoms. The average molecular weight is 337 g/mol. The largest absolute Gasteiger partial charge is 0.493 e. The maximum absolute atomic E-state index is 11.5. The van der Waals surface area contributed by atoms with Gasteiger partial charge in [0.15, 0.2) is 11.5 Å². The molecule has 2 N–H and O–H groups in total. The molecule has 0 fully saturated rings. The van der Waals surface area contributed by atoms with Gasteiger partial charge in [-0.05, 0) is 24.1 Å². The fraction of sp³-hybridized carbons (Fsp3) is 0.267. The molecule has 0 aliphatic rings. The Labute approximate surface area is 138 Å². The van der Waals surface area contributed by atoms with Crippen LogP contribution in [0.2, 0.25) is 5.02 Å². The second-order valence-electron chi connectivity index (χ2n) is 4.55. The summed E-state index contributed by atoms with van der Waals surface area (Å²) < 4.78 is 10.4. The number of methoxy groups -OCH3 is 2. The number of aryl methyl sites for hydroxylation is 1. The van der Waals surface area contributed by atoms with Gasteiger partial charge in [0, 0.05) is 11.8 Å². The van der Waals surface area contributed by atoms with Crippen molar-refractivity contribution in [3.63, 3.8) is 0 Å².